The molecule has 1 aromatic heterocycles. The van der Waals surface area contributed by atoms with Gasteiger partial charge in [0.1, 0.15) is 4.90 Å². The summed E-state index contributed by atoms with van der Waals surface area (Å²) in [5.74, 6) is -0.0608. The van der Waals surface area contributed by atoms with Crippen molar-refractivity contribution in [2.75, 3.05) is 26.2 Å². The largest absolute Gasteiger partial charge is 0.338 e. The summed E-state index contributed by atoms with van der Waals surface area (Å²) in [6.45, 7) is 5.71. The van der Waals surface area contributed by atoms with Crippen LogP contribution in [-0.2, 0) is 25.0 Å². The van der Waals surface area contributed by atoms with Crippen LogP contribution in [-0.4, -0.2) is 67.2 Å². The zero-order valence-electron chi connectivity index (χ0n) is 22.1. The van der Waals surface area contributed by atoms with E-state index < -0.39 is 21.5 Å². The number of nitrogens with one attached hydrogen (secondary N) is 1. The molecule has 2 aromatic carbocycles. The number of carbonyl (C=O) groups excluding carboxylic acids is 2. The minimum Gasteiger partial charge on any atom is -0.338 e. The maximum Gasteiger partial charge on any atom is 0.253 e. The second-order valence-electron chi connectivity index (χ2n) is 10.4. The van der Waals surface area contributed by atoms with Gasteiger partial charge in [0.25, 0.3) is 5.91 Å². The Labute approximate surface area is 229 Å². The van der Waals surface area contributed by atoms with Gasteiger partial charge in [-0.15, -0.1) is 0 Å². The van der Waals surface area contributed by atoms with E-state index in [1.54, 1.807) is 47.5 Å². The van der Waals surface area contributed by atoms with Crippen molar-refractivity contribution in [3.8, 4) is 0 Å². The third kappa shape index (κ3) is 5.51. The Kier molecular flexibility index (Phi) is 7.38. The summed E-state index contributed by atoms with van der Waals surface area (Å²) in [6, 6.07) is 17.9. The summed E-state index contributed by atoms with van der Waals surface area (Å²) in [4.78, 5) is 34.4. The van der Waals surface area contributed by atoms with Crippen LogP contribution in [0.5, 0.6) is 0 Å². The zero-order chi connectivity index (χ0) is 27.6. The van der Waals surface area contributed by atoms with E-state index in [0.717, 1.165) is 10.9 Å². The fraction of sp³-hybridized carbons (Fsp3) is 0.300. The van der Waals surface area contributed by atoms with E-state index >= 15 is 0 Å². The van der Waals surface area contributed by atoms with Gasteiger partial charge in [-0.2, -0.15) is 0 Å². The molecule has 1 atom stereocenters. The first-order chi connectivity index (χ1) is 18.7. The molecular weight excluding hydrogens is 512 g/mol. The van der Waals surface area contributed by atoms with Crippen LogP contribution in [0.1, 0.15) is 25.8 Å². The van der Waals surface area contributed by atoms with Gasteiger partial charge >= 0.3 is 0 Å². The lowest BCUT2D eigenvalue weighted by atomic mass is 9.83. The number of sulfonamides is 1. The average molecular weight is 545 g/mol. The Bertz CT molecular complexity index is 1550. The molecule has 1 saturated heterocycles. The van der Waals surface area contributed by atoms with Crippen molar-refractivity contribution in [1.29, 1.82) is 0 Å². The number of para-hydroxylation sites is 1. The molecule has 1 aliphatic carbocycles. The fourth-order valence-electron chi connectivity index (χ4n) is 5.09. The Hall–Kier alpha value is -3.82. The van der Waals surface area contributed by atoms with Gasteiger partial charge < -0.3 is 9.80 Å². The Morgan fingerprint density at radius 2 is 1.62 bits per heavy atom. The summed E-state index contributed by atoms with van der Waals surface area (Å²) >= 11 is 0. The summed E-state index contributed by atoms with van der Waals surface area (Å²) < 4.78 is 28.9. The van der Waals surface area contributed by atoms with Gasteiger partial charge in [-0.1, -0.05) is 66.8 Å². The number of rotatable bonds is 6. The van der Waals surface area contributed by atoms with Crippen LogP contribution in [0.25, 0.3) is 10.9 Å². The lowest BCUT2D eigenvalue weighted by Gasteiger charge is -2.39. The van der Waals surface area contributed by atoms with Gasteiger partial charge in [0.15, 0.2) is 0 Å². The number of hydrogen-bond donors (Lipinski definition) is 1. The molecule has 0 radical (unpaired) electrons. The maximum absolute atomic E-state index is 13.3. The lowest BCUT2D eigenvalue weighted by Crippen LogP contribution is -2.54. The van der Waals surface area contributed by atoms with E-state index in [0.29, 0.717) is 43.7 Å². The Morgan fingerprint density at radius 3 is 2.31 bits per heavy atom. The van der Waals surface area contributed by atoms with Crippen molar-refractivity contribution < 1.29 is 18.0 Å². The summed E-state index contributed by atoms with van der Waals surface area (Å²) in [5.41, 5.74) is 1.27. The van der Waals surface area contributed by atoms with Gasteiger partial charge in [-0.25, -0.2) is 13.1 Å². The lowest BCUT2D eigenvalue weighted by molar-refractivity contribution is -0.141. The predicted molar refractivity (Wildman–Crippen MR) is 150 cm³/mol. The third-order valence-corrected chi connectivity index (χ3v) is 8.94. The van der Waals surface area contributed by atoms with E-state index in [1.807, 2.05) is 61.2 Å². The van der Waals surface area contributed by atoms with Crippen LogP contribution in [0, 0.1) is 0 Å². The molecule has 2 heterocycles. The highest BCUT2D eigenvalue weighted by Crippen LogP contribution is 2.27. The molecule has 2 amide bonds. The van der Waals surface area contributed by atoms with Gasteiger partial charge in [0, 0.05) is 49.4 Å². The fourth-order valence-corrected chi connectivity index (χ4v) is 6.47. The number of piperazine rings is 1. The highest BCUT2D eigenvalue weighted by atomic mass is 32.2. The van der Waals surface area contributed by atoms with Crippen LogP contribution in [0.4, 0.5) is 0 Å². The van der Waals surface area contributed by atoms with Crippen LogP contribution >= 0.6 is 0 Å². The Morgan fingerprint density at radius 1 is 0.923 bits per heavy atom. The van der Waals surface area contributed by atoms with Crippen molar-refractivity contribution >= 4 is 32.7 Å². The number of benzene rings is 2. The SMILES string of the molecule is CC(C)(C(=O)N1CCN(C(=O)C2=CCC(NS(=O)(=O)c3cccc4cccnc34)C=C2)CC1)c1ccccc1. The number of aromatic nitrogens is 1. The van der Waals surface area contributed by atoms with Crippen molar-refractivity contribution in [3.63, 3.8) is 0 Å². The molecule has 1 fully saturated rings. The second-order valence-corrected chi connectivity index (χ2v) is 12.1. The number of hydrogen-bond acceptors (Lipinski definition) is 5. The molecule has 39 heavy (non-hydrogen) atoms. The van der Waals surface area contributed by atoms with Crippen LogP contribution in [0.15, 0.2) is 95.6 Å². The number of pyridine rings is 1. The number of fused-ring (bicyclic) bond motifs is 1. The molecule has 0 spiro atoms. The van der Waals surface area contributed by atoms with Crippen molar-refractivity contribution in [2.45, 2.75) is 36.6 Å². The number of amides is 2. The first-order valence-electron chi connectivity index (χ1n) is 13.1. The molecule has 9 heteroatoms. The van der Waals surface area contributed by atoms with Crippen molar-refractivity contribution in [2.24, 2.45) is 0 Å². The minimum absolute atomic E-state index is 0.0501. The van der Waals surface area contributed by atoms with E-state index in [4.69, 9.17) is 0 Å². The van der Waals surface area contributed by atoms with E-state index in [-0.39, 0.29) is 16.7 Å². The predicted octanol–water partition coefficient (Wildman–Crippen LogP) is 3.42. The summed E-state index contributed by atoms with van der Waals surface area (Å²) in [6.07, 6.45) is 7.09. The molecule has 8 nitrogen and oxygen atoms in total. The standard InChI is InChI=1S/C30H32N4O4S/c1-30(2,24-10-4-3-5-11-24)29(36)34-20-18-33(19-21-34)28(35)23-13-15-25(16-14-23)32-39(37,38)26-12-6-8-22-9-7-17-31-27(22)26/h3-15,17,25,32H,16,18-21H2,1-2H3. The van der Waals surface area contributed by atoms with Crippen molar-refractivity contribution in [3.05, 3.63) is 96.2 Å². The number of carbonyl (C=O) groups is 2. The molecular formula is C30H32N4O4S. The third-order valence-electron chi connectivity index (χ3n) is 7.42. The molecule has 202 valence electrons. The quantitative estimate of drug-likeness (QED) is 0.513. The molecule has 0 saturated carbocycles. The molecule has 3 aromatic rings. The van der Waals surface area contributed by atoms with Gasteiger partial charge in [0.05, 0.1) is 10.9 Å². The smallest absolute Gasteiger partial charge is 0.253 e. The van der Waals surface area contributed by atoms with E-state index in [9.17, 15) is 18.0 Å². The highest BCUT2D eigenvalue weighted by molar-refractivity contribution is 7.89. The molecule has 0 bridgehead atoms. The van der Waals surface area contributed by atoms with Crippen LogP contribution in [0.3, 0.4) is 0 Å². The van der Waals surface area contributed by atoms with Gasteiger partial charge in [-0.3, -0.25) is 14.6 Å². The number of nitrogens with zero attached hydrogens (tertiary/aromatic N) is 3. The van der Waals surface area contributed by atoms with Gasteiger partial charge in [0.2, 0.25) is 15.9 Å². The van der Waals surface area contributed by atoms with Crippen LogP contribution in [0.2, 0.25) is 0 Å². The zero-order valence-corrected chi connectivity index (χ0v) is 22.9. The summed E-state index contributed by atoms with van der Waals surface area (Å²) in [5, 5.41) is 0.748. The summed E-state index contributed by atoms with van der Waals surface area (Å²) in [7, 11) is -3.82. The normalized spacial score (nSPS) is 18.2. The van der Waals surface area contributed by atoms with Crippen LogP contribution < -0.4 is 4.72 Å². The van der Waals surface area contributed by atoms with E-state index in [1.165, 1.54) is 0 Å². The molecule has 1 aliphatic heterocycles. The maximum atomic E-state index is 13.3. The molecule has 5 rings (SSSR count). The molecule has 1 N–H and O–H groups in total. The topological polar surface area (TPSA) is 99.7 Å². The van der Waals surface area contributed by atoms with Gasteiger partial charge in [-0.05, 0) is 38.0 Å². The van der Waals surface area contributed by atoms with Crippen molar-refractivity contribution in [1.82, 2.24) is 19.5 Å². The molecule has 2 aliphatic rings. The monoisotopic (exact) mass is 544 g/mol. The second kappa shape index (κ2) is 10.7. The average Bonchev–Trinajstić information content (AvgIpc) is 2.97. The minimum atomic E-state index is -3.82. The highest BCUT2D eigenvalue weighted by Gasteiger charge is 2.36. The first-order valence-corrected chi connectivity index (χ1v) is 14.5. The first kappa shape index (κ1) is 26.8. The molecule has 1 unspecified atom stereocenters. The van der Waals surface area contributed by atoms with E-state index in [2.05, 4.69) is 9.71 Å². The Balaban J connectivity index is 1.18.